The zero-order chi connectivity index (χ0) is 18.1. The van der Waals surface area contributed by atoms with Crippen LogP contribution < -0.4 is 14.8 Å². The van der Waals surface area contributed by atoms with Crippen LogP contribution in [0.25, 0.3) is 0 Å². The first kappa shape index (κ1) is 18.8. The van der Waals surface area contributed by atoms with Crippen LogP contribution in [0.3, 0.4) is 0 Å². The minimum atomic E-state index is 0.00726. The molecule has 0 atom stereocenters. The van der Waals surface area contributed by atoms with E-state index in [1.54, 1.807) is 7.11 Å². The van der Waals surface area contributed by atoms with Gasteiger partial charge in [0, 0.05) is 6.54 Å². The lowest BCUT2D eigenvalue weighted by atomic mass is 10.1. The van der Waals surface area contributed by atoms with Crippen LogP contribution in [0.15, 0.2) is 42.5 Å². The van der Waals surface area contributed by atoms with E-state index in [1.165, 1.54) is 0 Å². The van der Waals surface area contributed by atoms with Crippen molar-refractivity contribution in [3.8, 4) is 11.5 Å². The first-order chi connectivity index (χ1) is 12.1. The van der Waals surface area contributed by atoms with Crippen molar-refractivity contribution in [1.82, 2.24) is 5.32 Å². The molecule has 4 heteroatoms. The van der Waals surface area contributed by atoms with E-state index in [-0.39, 0.29) is 5.91 Å². The number of hydrogen-bond donors (Lipinski definition) is 1. The van der Waals surface area contributed by atoms with Crippen LogP contribution in [0.5, 0.6) is 11.5 Å². The molecule has 2 rings (SSSR count). The Morgan fingerprint density at radius 3 is 2.64 bits per heavy atom. The molecule has 0 radical (unpaired) electrons. The SMILES string of the molecule is CCCCOc1ccc(CNC(=O)Cc2cccc(C)c2)cc1OC. The first-order valence-electron chi connectivity index (χ1n) is 8.74. The van der Waals surface area contributed by atoms with E-state index < -0.39 is 0 Å². The van der Waals surface area contributed by atoms with Gasteiger partial charge < -0.3 is 14.8 Å². The highest BCUT2D eigenvalue weighted by Gasteiger charge is 2.08. The number of methoxy groups -OCH3 is 1. The monoisotopic (exact) mass is 341 g/mol. The molecule has 0 unspecified atom stereocenters. The Balaban J connectivity index is 1.90. The van der Waals surface area contributed by atoms with Crippen LogP contribution >= 0.6 is 0 Å². The summed E-state index contributed by atoms with van der Waals surface area (Å²) in [5.74, 6) is 1.44. The third-order valence-corrected chi connectivity index (χ3v) is 3.92. The predicted octanol–water partition coefficient (Wildman–Crippen LogP) is 4.04. The highest BCUT2D eigenvalue weighted by Crippen LogP contribution is 2.28. The number of amides is 1. The summed E-state index contributed by atoms with van der Waals surface area (Å²) in [5, 5.41) is 2.95. The maximum atomic E-state index is 12.1. The lowest BCUT2D eigenvalue weighted by Crippen LogP contribution is -2.24. The molecule has 0 bridgehead atoms. The Morgan fingerprint density at radius 2 is 1.92 bits per heavy atom. The largest absolute Gasteiger partial charge is 0.493 e. The number of rotatable bonds is 9. The molecule has 0 saturated carbocycles. The molecule has 0 saturated heterocycles. The molecular weight excluding hydrogens is 314 g/mol. The minimum Gasteiger partial charge on any atom is -0.493 e. The zero-order valence-electron chi connectivity index (χ0n) is 15.3. The summed E-state index contributed by atoms with van der Waals surface area (Å²) in [7, 11) is 1.63. The normalized spacial score (nSPS) is 10.4. The van der Waals surface area contributed by atoms with E-state index in [1.807, 2.05) is 49.4 Å². The summed E-state index contributed by atoms with van der Waals surface area (Å²) in [6.45, 7) is 5.30. The van der Waals surface area contributed by atoms with Crippen molar-refractivity contribution in [3.05, 3.63) is 59.2 Å². The van der Waals surface area contributed by atoms with Crippen LogP contribution in [0, 0.1) is 6.92 Å². The van der Waals surface area contributed by atoms with Crippen molar-refractivity contribution >= 4 is 5.91 Å². The molecule has 25 heavy (non-hydrogen) atoms. The van der Waals surface area contributed by atoms with Gasteiger partial charge in [-0.05, 0) is 36.6 Å². The number of nitrogens with one attached hydrogen (secondary N) is 1. The van der Waals surface area contributed by atoms with Gasteiger partial charge in [-0.15, -0.1) is 0 Å². The predicted molar refractivity (Wildman–Crippen MR) is 100 cm³/mol. The van der Waals surface area contributed by atoms with Crippen molar-refractivity contribution in [2.75, 3.05) is 13.7 Å². The van der Waals surface area contributed by atoms with Crippen molar-refractivity contribution in [3.63, 3.8) is 0 Å². The van der Waals surface area contributed by atoms with Crippen LogP contribution in [0.2, 0.25) is 0 Å². The summed E-state index contributed by atoms with van der Waals surface area (Å²) in [6.07, 6.45) is 2.49. The third-order valence-electron chi connectivity index (χ3n) is 3.92. The fourth-order valence-electron chi connectivity index (χ4n) is 2.54. The van der Waals surface area contributed by atoms with Crippen LogP contribution in [-0.4, -0.2) is 19.6 Å². The molecule has 0 aromatic heterocycles. The molecular formula is C21H27NO3. The summed E-state index contributed by atoms with van der Waals surface area (Å²) >= 11 is 0. The number of carbonyl (C=O) groups excluding carboxylic acids is 1. The van der Waals surface area contributed by atoms with Crippen LogP contribution in [0.4, 0.5) is 0 Å². The minimum absolute atomic E-state index is 0.00726. The Morgan fingerprint density at radius 1 is 1.08 bits per heavy atom. The second-order valence-electron chi connectivity index (χ2n) is 6.13. The van der Waals surface area contributed by atoms with E-state index in [4.69, 9.17) is 9.47 Å². The lowest BCUT2D eigenvalue weighted by molar-refractivity contribution is -0.120. The van der Waals surface area contributed by atoms with Gasteiger partial charge in [0.05, 0.1) is 20.1 Å². The average Bonchev–Trinajstić information content (AvgIpc) is 2.61. The Labute approximate surface area is 150 Å². The Hall–Kier alpha value is -2.49. The van der Waals surface area contributed by atoms with Gasteiger partial charge in [0.15, 0.2) is 11.5 Å². The maximum absolute atomic E-state index is 12.1. The number of hydrogen-bond acceptors (Lipinski definition) is 3. The van der Waals surface area contributed by atoms with E-state index in [9.17, 15) is 4.79 Å². The van der Waals surface area contributed by atoms with Gasteiger partial charge in [-0.25, -0.2) is 0 Å². The Kier molecular flexibility index (Phi) is 7.33. The second kappa shape index (κ2) is 9.72. The highest BCUT2D eigenvalue weighted by atomic mass is 16.5. The van der Waals surface area contributed by atoms with Crippen LogP contribution in [-0.2, 0) is 17.8 Å². The standard InChI is InChI=1S/C21H27NO3/c1-4-5-11-25-19-10-9-18(13-20(19)24-3)15-22-21(23)14-17-8-6-7-16(2)12-17/h6-10,12-13H,4-5,11,14-15H2,1-3H3,(H,22,23). The highest BCUT2D eigenvalue weighted by molar-refractivity contribution is 5.78. The van der Waals surface area contributed by atoms with Crippen LogP contribution in [0.1, 0.15) is 36.5 Å². The van der Waals surface area contributed by atoms with Crippen molar-refractivity contribution in [2.45, 2.75) is 39.7 Å². The maximum Gasteiger partial charge on any atom is 0.224 e. The third kappa shape index (κ3) is 6.14. The van der Waals surface area contributed by atoms with Crippen molar-refractivity contribution in [1.29, 1.82) is 0 Å². The number of aryl methyl sites for hydroxylation is 1. The molecule has 4 nitrogen and oxygen atoms in total. The Bertz CT molecular complexity index is 697. The number of benzene rings is 2. The van der Waals surface area contributed by atoms with Gasteiger partial charge in [-0.3, -0.25) is 4.79 Å². The molecule has 1 N–H and O–H groups in total. The molecule has 0 aliphatic carbocycles. The van der Waals surface area contributed by atoms with Gasteiger partial charge in [0.1, 0.15) is 0 Å². The van der Waals surface area contributed by atoms with Gasteiger partial charge in [0.2, 0.25) is 5.91 Å². The summed E-state index contributed by atoms with van der Waals surface area (Å²) < 4.78 is 11.1. The van der Waals surface area contributed by atoms with Gasteiger partial charge in [-0.2, -0.15) is 0 Å². The first-order valence-corrected chi connectivity index (χ1v) is 8.74. The number of ether oxygens (including phenoxy) is 2. The quantitative estimate of drug-likeness (QED) is 0.700. The van der Waals surface area contributed by atoms with Gasteiger partial charge in [-0.1, -0.05) is 49.2 Å². The molecule has 0 heterocycles. The summed E-state index contributed by atoms with van der Waals surface area (Å²) in [4.78, 5) is 12.1. The topological polar surface area (TPSA) is 47.6 Å². The molecule has 134 valence electrons. The van der Waals surface area contributed by atoms with E-state index >= 15 is 0 Å². The van der Waals surface area contributed by atoms with Gasteiger partial charge in [0.25, 0.3) is 0 Å². The molecule has 1 amide bonds. The smallest absolute Gasteiger partial charge is 0.224 e. The van der Waals surface area contributed by atoms with Crippen molar-refractivity contribution < 1.29 is 14.3 Å². The summed E-state index contributed by atoms with van der Waals surface area (Å²) in [6, 6.07) is 13.8. The van der Waals surface area contributed by atoms with Crippen molar-refractivity contribution in [2.24, 2.45) is 0 Å². The summed E-state index contributed by atoms with van der Waals surface area (Å²) in [5.41, 5.74) is 3.17. The average molecular weight is 341 g/mol. The molecule has 0 spiro atoms. The number of unbranched alkanes of at least 4 members (excludes halogenated alkanes) is 1. The second-order valence-corrected chi connectivity index (χ2v) is 6.13. The fraction of sp³-hybridized carbons (Fsp3) is 0.381. The molecule has 2 aromatic rings. The molecule has 2 aromatic carbocycles. The van der Waals surface area contributed by atoms with E-state index in [0.29, 0.717) is 25.3 Å². The fourth-order valence-corrected chi connectivity index (χ4v) is 2.54. The van der Waals surface area contributed by atoms with E-state index in [0.717, 1.165) is 35.3 Å². The zero-order valence-corrected chi connectivity index (χ0v) is 15.3. The molecule has 0 fully saturated rings. The van der Waals surface area contributed by atoms with Gasteiger partial charge >= 0.3 is 0 Å². The number of carbonyl (C=O) groups is 1. The lowest BCUT2D eigenvalue weighted by Gasteiger charge is -2.12. The molecule has 0 aliphatic rings. The van der Waals surface area contributed by atoms with E-state index in [2.05, 4.69) is 12.2 Å². The molecule has 0 aliphatic heterocycles.